The largest absolute Gasteiger partial charge is 0.370 e. The molecule has 0 aliphatic rings. The summed E-state index contributed by atoms with van der Waals surface area (Å²) >= 11 is 1.78. The summed E-state index contributed by atoms with van der Waals surface area (Å²) in [5, 5.41) is 5.35. The highest BCUT2D eigenvalue weighted by Crippen LogP contribution is 2.27. The van der Waals surface area contributed by atoms with E-state index in [9.17, 15) is 0 Å². The maximum Gasteiger partial charge on any atom is 0.131 e. The van der Waals surface area contributed by atoms with Gasteiger partial charge in [0.05, 0.1) is 6.04 Å². The molecule has 0 fully saturated rings. The zero-order valence-electron chi connectivity index (χ0n) is 11.1. The zero-order chi connectivity index (χ0) is 13.0. The maximum atomic E-state index is 4.61. The third-order valence-corrected chi connectivity index (χ3v) is 4.03. The molecule has 1 atom stereocenters. The van der Waals surface area contributed by atoms with E-state index in [1.807, 2.05) is 18.2 Å². The Kier molecular flexibility index (Phi) is 4.20. The first-order valence-corrected chi connectivity index (χ1v) is 7.07. The van der Waals surface area contributed by atoms with Crippen LogP contribution in [0.3, 0.4) is 0 Å². The van der Waals surface area contributed by atoms with Gasteiger partial charge < -0.3 is 10.2 Å². The molecule has 2 rings (SSSR count). The molecule has 0 bridgehead atoms. The van der Waals surface area contributed by atoms with Crippen LogP contribution in [-0.4, -0.2) is 18.6 Å². The Morgan fingerprint density at radius 2 is 2.17 bits per heavy atom. The van der Waals surface area contributed by atoms with Crippen LogP contribution in [-0.2, 0) is 0 Å². The normalized spacial score (nSPS) is 12.2. The molecule has 1 unspecified atom stereocenters. The molecule has 2 aromatic rings. The average Bonchev–Trinajstić information content (AvgIpc) is 2.91. The van der Waals surface area contributed by atoms with Gasteiger partial charge in [0.2, 0.25) is 0 Å². The van der Waals surface area contributed by atoms with Crippen LogP contribution in [0.1, 0.15) is 24.8 Å². The lowest BCUT2D eigenvalue weighted by Crippen LogP contribution is -2.22. The molecule has 4 heteroatoms. The zero-order valence-corrected chi connectivity index (χ0v) is 11.9. The summed E-state index contributed by atoms with van der Waals surface area (Å²) in [6.07, 6.45) is 0. The highest BCUT2D eigenvalue weighted by Gasteiger charge is 2.14. The van der Waals surface area contributed by atoms with Gasteiger partial charge in [0.15, 0.2) is 0 Å². The lowest BCUT2D eigenvalue weighted by molar-refractivity contribution is 0.742. The number of nitrogens with one attached hydrogen (secondary N) is 1. The van der Waals surface area contributed by atoms with Crippen LogP contribution in [0.4, 0.5) is 11.6 Å². The minimum atomic E-state index is 0.342. The number of hydrogen-bond acceptors (Lipinski definition) is 4. The van der Waals surface area contributed by atoms with E-state index in [0.717, 1.165) is 18.2 Å². The Morgan fingerprint density at radius 1 is 1.33 bits per heavy atom. The van der Waals surface area contributed by atoms with Crippen LogP contribution in [0.15, 0.2) is 35.7 Å². The van der Waals surface area contributed by atoms with Crippen molar-refractivity contribution < 1.29 is 0 Å². The monoisotopic (exact) mass is 261 g/mol. The van der Waals surface area contributed by atoms with E-state index < -0.39 is 0 Å². The Balaban J connectivity index is 2.17. The van der Waals surface area contributed by atoms with Crippen LogP contribution in [0.5, 0.6) is 0 Å². The molecule has 0 aliphatic carbocycles. The summed E-state index contributed by atoms with van der Waals surface area (Å²) in [5.74, 6) is 1.93. The van der Waals surface area contributed by atoms with Crippen LogP contribution < -0.4 is 10.2 Å². The third kappa shape index (κ3) is 2.82. The molecule has 18 heavy (non-hydrogen) atoms. The van der Waals surface area contributed by atoms with Crippen molar-refractivity contribution in [3.8, 4) is 0 Å². The van der Waals surface area contributed by atoms with Crippen LogP contribution >= 0.6 is 11.3 Å². The number of hydrogen-bond donors (Lipinski definition) is 1. The van der Waals surface area contributed by atoms with Gasteiger partial charge in [-0.05, 0) is 37.4 Å². The van der Waals surface area contributed by atoms with Gasteiger partial charge in [0.25, 0.3) is 0 Å². The van der Waals surface area contributed by atoms with Crippen LogP contribution in [0.25, 0.3) is 0 Å². The summed E-state index contributed by atoms with van der Waals surface area (Å²) in [6, 6.07) is 10.7. The molecule has 3 nitrogen and oxygen atoms in total. The minimum absolute atomic E-state index is 0.342. The van der Waals surface area contributed by atoms with Crippen molar-refractivity contribution in [3.05, 3.63) is 40.6 Å². The smallest absolute Gasteiger partial charge is 0.131 e. The van der Waals surface area contributed by atoms with Gasteiger partial charge in [-0.2, -0.15) is 0 Å². The van der Waals surface area contributed by atoms with Gasteiger partial charge in [0, 0.05) is 18.5 Å². The number of anilines is 2. The van der Waals surface area contributed by atoms with E-state index >= 15 is 0 Å². The first kappa shape index (κ1) is 12.9. The molecule has 96 valence electrons. The number of pyridine rings is 1. The topological polar surface area (TPSA) is 28.2 Å². The number of thiophene rings is 1. The van der Waals surface area contributed by atoms with E-state index in [1.54, 1.807) is 11.3 Å². The molecule has 0 spiro atoms. The van der Waals surface area contributed by atoms with E-state index in [0.29, 0.717) is 6.04 Å². The molecular weight excluding hydrogens is 242 g/mol. The molecule has 0 saturated heterocycles. The van der Waals surface area contributed by atoms with Crippen molar-refractivity contribution in [3.63, 3.8) is 0 Å². The van der Waals surface area contributed by atoms with Crippen molar-refractivity contribution in [1.82, 2.24) is 4.98 Å². The molecule has 1 N–H and O–H groups in total. The van der Waals surface area contributed by atoms with Crippen molar-refractivity contribution >= 4 is 23.0 Å². The molecular formula is C14H19N3S. The minimum Gasteiger partial charge on any atom is -0.370 e. The Labute approximate surface area is 112 Å². The second-order valence-corrected chi connectivity index (χ2v) is 5.19. The predicted molar refractivity (Wildman–Crippen MR) is 79.5 cm³/mol. The van der Waals surface area contributed by atoms with Crippen molar-refractivity contribution in [2.24, 2.45) is 0 Å². The number of aromatic nitrogens is 1. The van der Waals surface area contributed by atoms with Crippen molar-refractivity contribution in [2.45, 2.75) is 19.9 Å². The predicted octanol–water partition coefficient (Wildman–Crippen LogP) is 3.77. The second kappa shape index (κ2) is 5.87. The molecule has 0 amide bonds. The van der Waals surface area contributed by atoms with Crippen molar-refractivity contribution in [1.29, 1.82) is 0 Å². The molecule has 0 aliphatic heterocycles. The second-order valence-electron chi connectivity index (χ2n) is 4.21. The molecule has 2 aromatic heterocycles. The standard InChI is InChI=1S/C14H19N3S/c1-4-15-13-8-5-9-14(16-13)17(3)11(2)12-7-6-10-18-12/h5-11H,4H2,1-3H3,(H,15,16). The fourth-order valence-electron chi connectivity index (χ4n) is 1.82. The highest BCUT2D eigenvalue weighted by molar-refractivity contribution is 7.10. The highest BCUT2D eigenvalue weighted by atomic mass is 32.1. The Hall–Kier alpha value is -1.55. The van der Waals surface area contributed by atoms with Crippen LogP contribution in [0, 0.1) is 0 Å². The lowest BCUT2D eigenvalue weighted by Gasteiger charge is -2.25. The van der Waals surface area contributed by atoms with E-state index in [4.69, 9.17) is 0 Å². The van der Waals surface area contributed by atoms with E-state index in [2.05, 4.69) is 53.6 Å². The van der Waals surface area contributed by atoms with E-state index in [-0.39, 0.29) is 0 Å². The number of rotatable bonds is 5. The Bertz CT molecular complexity index is 482. The summed E-state index contributed by atoms with van der Waals surface area (Å²) in [4.78, 5) is 8.17. The first-order valence-electron chi connectivity index (χ1n) is 6.19. The fourth-order valence-corrected chi connectivity index (χ4v) is 2.64. The van der Waals surface area contributed by atoms with E-state index in [1.165, 1.54) is 4.88 Å². The van der Waals surface area contributed by atoms with Crippen molar-refractivity contribution in [2.75, 3.05) is 23.8 Å². The number of nitrogens with zero attached hydrogens (tertiary/aromatic N) is 2. The van der Waals surface area contributed by atoms with Crippen LogP contribution in [0.2, 0.25) is 0 Å². The molecule has 2 heterocycles. The maximum absolute atomic E-state index is 4.61. The molecule has 0 radical (unpaired) electrons. The summed E-state index contributed by atoms with van der Waals surface area (Å²) in [7, 11) is 2.09. The third-order valence-electron chi connectivity index (χ3n) is 2.99. The quantitative estimate of drug-likeness (QED) is 0.888. The fraction of sp³-hybridized carbons (Fsp3) is 0.357. The summed E-state index contributed by atoms with van der Waals surface area (Å²) in [5.41, 5.74) is 0. The lowest BCUT2D eigenvalue weighted by atomic mass is 10.2. The molecule has 0 aromatic carbocycles. The summed E-state index contributed by atoms with van der Waals surface area (Å²) in [6.45, 7) is 5.17. The SMILES string of the molecule is CCNc1cccc(N(C)C(C)c2cccs2)n1. The van der Waals surface area contributed by atoms with Gasteiger partial charge in [-0.1, -0.05) is 12.1 Å². The average molecular weight is 261 g/mol. The first-order chi connectivity index (χ1) is 8.72. The van der Waals surface area contributed by atoms with Gasteiger partial charge in [-0.25, -0.2) is 4.98 Å². The van der Waals surface area contributed by atoms with Gasteiger partial charge in [-0.15, -0.1) is 11.3 Å². The summed E-state index contributed by atoms with van der Waals surface area (Å²) < 4.78 is 0. The van der Waals surface area contributed by atoms with Gasteiger partial charge in [-0.3, -0.25) is 0 Å². The molecule has 0 saturated carbocycles. The van der Waals surface area contributed by atoms with Gasteiger partial charge >= 0.3 is 0 Å². The Morgan fingerprint density at radius 3 is 2.83 bits per heavy atom. The van der Waals surface area contributed by atoms with Gasteiger partial charge in [0.1, 0.15) is 11.6 Å².